The number of benzene rings is 2. The SMILES string of the molecule is O=C(Cc1ccccc1)NCCC(=O)Nc1ccccc1C(=O)NC1CC1. The van der Waals surface area contributed by atoms with Crippen LogP contribution in [0.3, 0.4) is 0 Å². The molecular formula is C21H23N3O3. The molecule has 2 aromatic carbocycles. The molecule has 1 saturated carbocycles. The minimum atomic E-state index is -0.248. The molecule has 0 heterocycles. The fourth-order valence-electron chi connectivity index (χ4n) is 2.65. The third kappa shape index (κ3) is 5.95. The summed E-state index contributed by atoms with van der Waals surface area (Å²) in [6, 6.07) is 16.6. The van der Waals surface area contributed by atoms with Gasteiger partial charge in [-0.05, 0) is 30.5 Å². The maximum absolute atomic E-state index is 12.3. The van der Waals surface area contributed by atoms with Crippen LogP contribution in [0.15, 0.2) is 54.6 Å². The van der Waals surface area contributed by atoms with E-state index >= 15 is 0 Å². The van der Waals surface area contributed by atoms with Gasteiger partial charge in [0.25, 0.3) is 5.91 Å². The topological polar surface area (TPSA) is 87.3 Å². The Bertz CT molecular complexity index is 816. The van der Waals surface area contributed by atoms with Gasteiger partial charge < -0.3 is 16.0 Å². The van der Waals surface area contributed by atoms with Crippen LogP contribution < -0.4 is 16.0 Å². The van der Waals surface area contributed by atoms with Gasteiger partial charge in [0, 0.05) is 19.0 Å². The summed E-state index contributed by atoms with van der Waals surface area (Å²) in [6.45, 7) is 0.244. The lowest BCUT2D eigenvalue weighted by atomic mass is 10.1. The van der Waals surface area contributed by atoms with E-state index in [1.54, 1.807) is 24.3 Å². The van der Waals surface area contributed by atoms with Gasteiger partial charge in [0.05, 0.1) is 17.7 Å². The first-order chi connectivity index (χ1) is 13.1. The fraction of sp³-hybridized carbons (Fsp3) is 0.286. The molecule has 3 N–H and O–H groups in total. The summed E-state index contributed by atoms with van der Waals surface area (Å²) in [4.78, 5) is 36.3. The van der Waals surface area contributed by atoms with Crippen molar-refractivity contribution >= 4 is 23.4 Å². The first kappa shape index (κ1) is 18.6. The van der Waals surface area contributed by atoms with Crippen LogP contribution in [0.1, 0.15) is 35.2 Å². The maximum Gasteiger partial charge on any atom is 0.253 e. The molecule has 1 aliphatic carbocycles. The minimum absolute atomic E-state index is 0.127. The van der Waals surface area contributed by atoms with Gasteiger partial charge in [-0.25, -0.2) is 0 Å². The lowest BCUT2D eigenvalue weighted by Gasteiger charge is -2.11. The Hall–Kier alpha value is -3.15. The number of para-hydroxylation sites is 1. The molecule has 27 heavy (non-hydrogen) atoms. The molecule has 2 aromatic rings. The summed E-state index contributed by atoms with van der Waals surface area (Å²) < 4.78 is 0. The monoisotopic (exact) mass is 365 g/mol. The van der Waals surface area contributed by atoms with Crippen LogP contribution in [0.5, 0.6) is 0 Å². The van der Waals surface area contributed by atoms with Crippen molar-refractivity contribution in [1.82, 2.24) is 10.6 Å². The average Bonchev–Trinajstić information content (AvgIpc) is 3.47. The smallest absolute Gasteiger partial charge is 0.253 e. The lowest BCUT2D eigenvalue weighted by molar-refractivity contribution is -0.120. The molecule has 0 saturated heterocycles. The zero-order chi connectivity index (χ0) is 19.1. The third-order valence-electron chi connectivity index (χ3n) is 4.24. The Morgan fingerprint density at radius 3 is 2.33 bits per heavy atom. The summed E-state index contributed by atoms with van der Waals surface area (Å²) in [5.74, 6) is -0.551. The molecule has 0 unspecified atom stereocenters. The van der Waals surface area contributed by atoms with E-state index in [4.69, 9.17) is 0 Å². The van der Waals surface area contributed by atoms with E-state index in [-0.39, 0.29) is 43.1 Å². The second kappa shape index (κ2) is 8.98. The largest absolute Gasteiger partial charge is 0.355 e. The second-order valence-electron chi connectivity index (χ2n) is 6.60. The normalized spacial score (nSPS) is 12.9. The number of rotatable bonds is 8. The van der Waals surface area contributed by atoms with Crippen molar-refractivity contribution in [2.75, 3.05) is 11.9 Å². The third-order valence-corrected chi connectivity index (χ3v) is 4.24. The van der Waals surface area contributed by atoms with E-state index < -0.39 is 0 Å². The van der Waals surface area contributed by atoms with Gasteiger partial charge in [-0.15, -0.1) is 0 Å². The summed E-state index contributed by atoms with van der Waals surface area (Å²) in [5.41, 5.74) is 1.86. The molecule has 6 heteroatoms. The van der Waals surface area contributed by atoms with Crippen LogP contribution >= 0.6 is 0 Å². The zero-order valence-electron chi connectivity index (χ0n) is 15.0. The highest BCUT2D eigenvalue weighted by Gasteiger charge is 2.24. The minimum Gasteiger partial charge on any atom is -0.355 e. The average molecular weight is 365 g/mol. The van der Waals surface area contributed by atoms with Gasteiger partial charge in [0.1, 0.15) is 0 Å². The van der Waals surface area contributed by atoms with Crippen LogP contribution in [0.2, 0.25) is 0 Å². The summed E-state index contributed by atoms with van der Waals surface area (Å²) in [5, 5.41) is 8.42. The van der Waals surface area contributed by atoms with Crippen LogP contribution in [0.25, 0.3) is 0 Å². The van der Waals surface area contributed by atoms with Crippen LogP contribution in [-0.2, 0) is 16.0 Å². The van der Waals surface area contributed by atoms with Gasteiger partial charge in [0.2, 0.25) is 11.8 Å². The molecule has 1 fully saturated rings. The van der Waals surface area contributed by atoms with Gasteiger partial charge in [-0.3, -0.25) is 14.4 Å². The maximum atomic E-state index is 12.3. The Morgan fingerprint density at radius 1 is 0.889 bits per heavy atom. The first-order valence-corrected chi connectivity index (χ1v) is 9.12. The molecule has 1 aliphatic rings. The van der Waals surface area contributed by atoms with Gasteiger partial charge in [-0.2, -0.15) is 0 Å². The lowest BCUT2D eigenvalue weighted by Crippen LogP contribution is -2.30. The van der Waals surface area contributed by atoms with E-state index in [0.717, 1.165) is 18.4 Å². The van der Waals surface area contributed by atoms with E-state index in [0.29, 0.717) is 11.3 Å². The first-order valence-electron chi connectivity index (χ1n) is 9.12. The van der Waals surface area contributed by atoms with Crippen molar-refractivity contribution < 1.29 is 14.4 Å². The fourth-order valence-corrected chi connectivity index (χ4v) is 2.65. The highest BCUT2D eigenvalue weighted by atomic mass is 16.2. The van der Waals surface area contributed by atoms with Crippen molar-refractivity contribution in [3.05, 3.63) is 65.7 Å². The highest BCUT2D eigenvalue weighted by molar-refractivity contribution is 6.04. The van der Waals surface area contributed by atoms with Crippen LogP contribution in [0, 0.1) is 0 Å². The molecule has 3 amide bonds. The van der Waals surface area contributed by atoms with E-state index in [9.17, 15) is 14.4 Å². The Kier molecular flexibility index (Phi) is 6.20. The summed E-state index contributed by atoms with van der Waals surface area (Å²) in [7, 11) is 0. The molecule has 0 spiro atoms. The number of amides is 3. The number of carbonyl (C=O) groups is 3. The van der Waals surface area contributed by atoms with Crippen LogP contribution in [-0.4, -0.2) is 30.3 Å². The standard InChI is InChI=1S/C21H23N3O3/c25-19(12-13-22-20(26)14-15-6-2-1-3-7-15)24-18-9-5-4-8-17(18)21(27)23-16-10-11-16/h1-9,16H,10-14H2,(H,22,26)(H,23,27)(H,24,25). The summed E-state index contributed by atoms with van der Waals surface area (Å²) >= 11 is 0. The Labute approximate surface area is 158 Å². The Morgan fingerprint density at radius 2 is 1.59 bits per heavy atom. The number of hydrogen-bond donors (Lipinski definition) is 3. The van der Waals surface area contributed by atoms with Gasteiger partial charge in [0.15, 0.2) is 0 Å². The molecule has 140 valence electrons. The van der Waals surface area contributed by atoms with Crippen molar-refractivity contribution in [1.29, 1.82) is 0 Å². The predicted molar refractivity (Wildman–Crippen MR) is 103 cm³/mol. The van der Waals surface area contributed by atoms with E-state index in [1.807, 2.05) is 30.3 Å². The Balaban J connectivity index is 1.45. The number of carbonyl (C=O) groups excluding carboxylic acids is 3. The van der Waals surface area contributed by atoms with E-state index in [1.165, 1.54) is 0 Å². The molecule has 0 aliphatic heterocycles. The van der Waals surface area contributed by atoms with Crippen molar-refractivity contribution in [2.45, 2.75) is 31.7 Å². The molecule has 3 rings (SSSR count). The van der Waals surface area contributed by atoms with Crippen LogP contribution in [0.4, 0.5) is 5.69 Å². The number of nitrogens with one attached hydrogen (secondary N) is 3. The van der Waals surface area contributed by atoms with Crippen molar-refractivity contribution in [3.8, 4) is 0 Å². The van der Waals surface area contributed by atoms with E-state index in [2.05, 4.69) is 16.0 Å². The molecule has 0 atom stereocenters. The number of hydrogen-bond acceptors (Lipinski definition) is 3. The summed E-state index contributed by atoms with van der Waals surface area (Å²) in [6.07, 6.45) is 2.43. The number of anilines is 1. The molecule has 0 bridgehead atoms. The molecule has 6 nitrogen and oxygen atoms in total. The quantitative estimate of drug-likeness (QED) is 0.671. The van der Waals surface area contributed by atoms with Crippen molar-refractivity contribution in [3.63, 3.8) is 0 Å². The van der Waals surface area contributed by atoms with Gasteiger partial charge >= 0.3 is 0 Å². The second-order valence-corrected chi connectivity index (χ2v) is 6.60. The highest BCUT2D eigenvalue weighted by Crippen LogP contribution is 2.21. The zero-order valence-corrected chi connectivity index (χ0v) is 15.0. The predicted octanol–water partition coefficient (Wildman–Crippen LogP) is 2.27. The molecule has 0 radical (unpaired) electrons. The molecular weight excluding hydrogens is 342 g/mol. The molecule has 0 aromatic heterocycles. The van der Waals surface area contributed by atoms with Gasteiger partial charge in [-0.1, -0.05) is 42.5 Å². The van der Waals surface area contributed by atoms with Crippen molar-refractivity contribution in [2.24, 2.45) is 0 Å².